The molecule has 1 aliphatic carbocycles. The standard InChI is InChI=1S/C36H33F5N2O12/c1-15(44)49-14-24-31(52-16(2)45)33(53-17(3)46)30(42)35(54-24)50-13-23(34(47)55-32-28(40)26(38)25(37)27(39)29(32)41)43-36(48)51-12-22-20-10-6-4-8-18(20)19-9-5-7-11-21(19)22/h4-11,22-24,30-31,33,35H,12-14,42H2,1-3H3,(H,43,48)/t23-,24+,30+,31+,33+,35+/m0/s1. The molecule has 0 spiro atoms. The van der Waals surface area contributed by atoms with Crippen molar-refractivity contribution in [1.29, 1.82) is 0 Å². The second-order valence-electron chi connectivity index (χ2n) is 12.2. The Morgan fingerprint density at radius 1 is 0.727 bits per heavy atom. The third-order valence-corrected chi connectivity index (χ3v) is 8.47. The normalized spacial score (nSPS) is 20.7. The molecule has 14 nitrogen and oxygen atoms in total. The van der Waals surface area contributed by atoms with Crippen molar-refractivity contribution in [3.05, 3.63) is 88.7 Å². The van der Waals surface area contributed by atoms with E-state index < -0.39 is 121 Å². The number of nitrogens with two attached hydrogens (primary N) is 1. The zero-order chi connectivity index (χ0) is 40.1. The number of ether oxygens (including phenoxy) is 7. The molecule has 3 aromatic rings. The fraction of sp³-hybridized carbons (Fsp3) is 0.361. The average molecular weight is 781 g/mol. The Hall–Kier alpha value is -5.66. The number of benzene rings is 3. The van der Waals surface area contributed by atoms with E-state index in [0.29, 0.717) is 0 Å². The van der Waals surface area contributed by atoms with Crippen molar-refractivity contribution < 1.29 is 79.1 Å². The summed E-state index contributed by atoms with van der Waals surface area (Å²) in [7, 11) is 0. The Morgan fingerprint density at radius 2 is 1.25 bits per heavy atom. The molecule has 0 bridgehead atoms. The first-order valence-corrected chi connectivity index (χ1v) is 16.4. The lowest BCUT2D eigenvalue weighted by molar-refractivity contribution is -0.274. The maximum absolute atomic E-state index is 14.5. The van der Waals surface area contributed by atoms with E-state index in [1.54, 1.807) is 12.1 Å². The number of hydrogen-bond donors (Lipinski definition) is 2. The highest BCUT2D eigenvalue weighted by molar-refractivity contribution is 5.83. The Morgan fingerprint density at radius 3 is 1.80 bits per heavy atom. The minimum atomic E-state index is -2.52. The molecule has 1 saturated heterocycles. The van der Waals surface area contributed by atoms with Crippen LogP contribution in [0.2, 0.25) is 0 Å². The van der Waals surface area contributed by atoms with Gasteiger partial charge in [-0.2, -0.15) is 8.78 Å². The molecular formula is C36H33F5N2O12. The Labute approximate surface area is 308 Å². The molecule has 0 radical (unpaired) electrons. The Kier molecular flexibility index (Phi) is 12.7. The van der Waals surface area contributed by atoms with Gasteiger partial charge in [0.05, 0.1) is 12.6 Å². The summed E-state index contributed by atoms with van der Waals surface area (Å²) in [5, 5.41) is 2.08. The van der Waals surface area contributed by atoms with Gasteiger partial charge in [-0.3, -0.25) is 14.4 Å². The van der Waals surface area contributed by atoms with E-state index in [-0.39, 0.29) is 6.61 Å². The van der Waals surface area contributed by atoms with Crippen LogP contribution in [-0.4, -0.2) is 86.5 Å². The summed E-state index contributed by atoms with van der Waals surface area (Å²) in [4.78, 5) is 62.0. The highest BCUT2D eigenvalue weighted by Gasteiger charge is 2.50. The molecule has 1 amide bonds. The number of amides is 1. The third kappa shape index (κ3) is 9.01. The van der Waals surface area contributed by atoms with Gasteiger partial charge >= 0.3 is 30.0 Å². The van der Waals surface area contributed by atoms with E-state index in [0.717, 1.165) is 43.0 Å². The zero-order valence-electron chi connectivity index (χ0n) is 29.1. The van der Waals surface area contributed by atoms with Crippen LogP contribution >= 0.6 is 0 Å². The van der Waals surface area contributed by atoms with Gasteiger partial charge < -0.3 is 44.2 Å². The van der Waals surface area contributed by atoms with Crippen LogP contribution in [0.3, 0.4) is 0 Å². The van der Waals surface area contributed by atoms with Gasteiger partial charge in [0.15, 0.2) is 24.5 Å². The molecule has 2 aliphatic rings. The summed E-state index contributed by atoms with van der Waals surface area (Å²) in [6.07, 6.45) is -7.42. The summed E-state index contributed by atoms with van der Waals surface area (Å²) < 4.78 is 107. The van der Waals surface area contributed by atoms with E-state index in [1.807, 2.05) is 36.4 Å². The number of halogens is 5. The number of alkyl carbamates (subject to hydrolysis) is 1. The topological polar surface area (TPSA) is 188 Å². The first-order valence-electron chi connectivity index (χ1n) is 16.4. The zero-order valence-corrected chi connectivity index (χ0v) is 29.1. The molecule has 5 rings (SSSR count). The highest BCUT2D eigenvalue weighted by Crippen LogP contribution is 2.44. The van der Waals surface area contributed by atoms with Crippen molar-refractivity contribution in [1.82, 2.24) is 5.32 Å². The van der Waals surface area contributed by atoms with Crippen LogP contribution in [0.1, 0.15) is 37.8 Å². The van der Waals surface area contributed by atoms with E-state index in [2.05, 4.69) is 10.1 Å². The maximum Gasteiger partial charge on any atom is 0.407 e. The lowest BCUT2D eigenvalue weighted by atomic mass is 9.97. The van der Waals surface area contributed by atoms with Crippen LogP contribution in [-0.2, 0) is 47.6 Å². The van der Waals surface area contributed by atoms with E-state index >= 15 is 0 Å². The van der Waals surface area contributed by atoms with Gasteiger partial charge in [0.2, 0.25) is 34.8 Å². The molecule has 0 aromatic heterocycles. The van der Waals surface area contributed by atoms with Gasteiger partial charge in [0.25, 0.3) is 0 Å². The van der Waals surface area contributed by atoms with Crippen LogP contribution < -0.4 is 15.8 Å². The lowest BCUT2D eigenvalue weighted by Crippen LogP contribution is -2.65. The molecule has 0 unspecified atom stereocenters. The Bertz CT molecular complexity index is 1910. The number of esters is 4. The molecule has 1 fully saturated rings. The molecule has 19 heteroatoms. The second-order valence-corrected chi connectivity index (χ2v) is 12.2. The third-order valence-electron chi connectivity index (χ3n) is 8.47. The molecular weight excluding hydrogens is 747 g/mol. The molecule has 0 saturated carbocycles. The molecule has 1 aliphatic heterocycles. The highest BCUT2D eigenvalue weighted by atomic mass is 19.2. The van der Waals surface area contributed by atoms with Gasteiger partial charge in [-0.1, -0.05) is 48.5 Å². The quantitative estimate of drug-likeness (QED) is 0.0677. The SMILES string of the molecule is CC(=O)OC[C@H]1O[C@@H](OC[C@H](NC(=O)OCC2c3ccccc3-c3ccccc32)C(=O)Oc2c(F)c(F)c(F)c(F)c2F)[C@H](N)[C@@H](OC(C)=O)[C@@H]1OC(C)=O. The van der Waals surface area contributed by atoms with Gasteiger partial charge in [-0.25, -0.2) is 22.8 Å². The molecule has 6 atom stereocenters. The minimum absolute atomic E-state index is 0.282. The number of carbonyl (C=O) groups is 5. The van der Waals surface area contributed by atoms with E-state index in [1.165, 1.54) is 0 Å². The fourth-order valence-electron chi connectivity index (χ4n) is 6.07. The van der Waals surface area contributed by atoms with Crippen LogP contribution in [0.5, 0.6) is 5.75 Å². The van der Waals surface area contributed by atoms with Gasteiger partial charge in [-0.15, -0.1) is 0 Å². The Balaban J connectivity index is 1.39. The van der Waals surface area contributed by atoms with Crippen molar-refractivity contribution in [2.24, 2.45) is 5.73 Å². The number of fused-ring (bicyclic) bond motifs is 3. The number of rotatable bonds is 12. The first-order chi connectivity index (χ1) is 26.1. The van der Waals surface area contributed by atoms with E-state index in [4.69, 9.17) is 34.2 Å². The summed E-state index contributed by atoms with van der Waals surface area (Å²) in [5.74, 6) is -19.1. The number of hydrogen-bond acceptors (Lipinski definition) is 13. The van der Waals surface area contributed by atoms with Crippen LogP contribution in [0.25, 0.3) is 11.1 Å². The molecule has 3 aromatic carbocycles. The van der Waals surface area contributed by atoms with Gasteiger partial charge in [0, 0.05) is 26.7 Å². The molecule has 1 heterocycles. The minimum Gasteiger partial charge on any atom is -0.463 e. The fourth-order valence-corrected chi connectivity index (χ4v) is 6.07. The largest absolute Gasteiger partial charge is 0.463 e. The number of nitrogens with one attached hydrogen (secondary N) is 1. The average Bonchev–Trinajstić information content (AvgIpc) is 3.47. The maximum atomic E-state index is 14.5. The van der Waals surface area contributed by atoms with Crippen molar-refractivity contribution in [2.75, 3.05) is 19.8 Å². The predicted molar refractivity (Wildman–Crippen MR) is 174 cm³/mol. The summed E-state index contributed by atoms with van der Waals surface area (Å²) >= 11 is 0. The molecule has 294 valence electrons. The monoisotopic (exact) mass is 780 g/mol. The van der Waals surface area contributed by atoms with Gasteiger partial charge in [-0.05, 0) is 22.3 Å². The van der Waals surface area contributed by atoms with Crippen molar-refractivity contribution in [3.8, 4) is 16.9 Å². The molecule has 55 heavy (non-hydrogen) atoms. The first kappa shape index (κ1) is 40.5. The van der Waals surface area contributed by atoms with E-state index in [9.17, 15) is 45.9 Å². The van der Waals surface area contributed by atoms with Crippen molar-refractivity contribution >= 4 is 30.0 Å². The summed E-state index contributed by atoms with van der Waals surface area (Å²) in [6.45, 7) is 1.16. The van der Waals surface area contributed by atoms with Crippen LogP contribution in [0.4, 0.5) is 26.7 Å². The predicted octanol–water partition coefficient (Wildman–Crippen LogP) is 3.69. The second kappa shape index (κ2) is 17.2. The van der Waals surface area contributed by atoms with Crippen molar-refractivity contribution in [3.63, 3.8) is 0 Å². The molecule has 3 N–H and O–H groups in total. The van der Waals surface area contributed by atoms with Crippen LogP contribution in [0.15, 0.2) is 48.5 Å². The number of carbonyl (C=O) groups excluding carboxylic acids is 5. The smallest absolute Gasteiger partial charge is 0.407 e. The lowest BCUT2D eigenvalue weighted by Gasteiger charge is -2.43. The van der Waals surface area contributed by atoms with Crippen molar-refractivity contribution in [2.45, 2.75) is 63.4 Å². The summed E-state index contributed by atoms with van der Waals surface area (Å²) in [5.41, 5.74) is 9.68. The van der Waals surface area contributed by atoms with Gasteiger partial charge in [0.1, 0.15) is 19.3 Å². The summed E-state index contributed by atoms with van der Waals surface area (Å²) in [6, 6.07) is 11.0. The van der Waals surface area contributed by atoms with Crippen LogP contribution in [0, 0.1) is 29.1 Å².